The van der Waals surface area contributed by atoms with Gasteiger partial charge in [0, 0.05) is 6.42 Å². The van der Waals surface area contributed by atoms with E-state index in [1.54, 1.807) is 0 Å². The van der Waals surface area contributed by atoms with Crippen molar-refractivity contribution >= 4 is 17.7 Å². The Morgan fingerprint density at radius 2 is 1.94 bits per heavy atom. The van der Waals surface area contributed by atoms with Crippen molar-refractivity contribution in [1.82, 2.24) is 0 Å². The molecule has 0 rings (SSSR count). The van der Waals surface area contributed by atoms with Gasteiger partial charge in [-0.25, -0.2) is 17.6 Å². The smallest absolute Gasteiger partial charge is 0.315 e. The molecule has 0 aliphatic heterocycles. The fourth-order valence-electron chi connectivity index (χ4n) is 0.976. The van der Waals surface area contributed by atoms with E-state index >= 15 is 0 Å². The van der Waals surface area contributed by atoms with E-state index in [1.807, 2.05) is 13.8 Å². The highest BCUT2D eigenvalue weighted by molar-refractivity contribution is 7.99. The number of thioether (sulfide) groups is 1. The molecular weight excluding hydrogens is 272 g/mol. The van der Waals surface area contributed by atoms with Crippen molar-refractivity contribution in [2.45, 2.75) is 39.0 Å². The summed E-state index contributed by atoms with van der Waals surface area (Å²) in [4.78, 5) is 11.1. The molecule has 0 radical (unpaired) electrons. The van der Waals surface area contributed by atoms with Gasteiger partial charge in [0.1, 0.15) is 0 Å². The fourth-order valence-corrected chi connectivity index (χ4v) is 1.72. The second-order valence-electron chi connectivity index (χ2n) is 4.29. The van der Waals surface area contributed by atoms with Gasteiger partial charge in [0.25, 0.3) is 0 Å². The zero-order valence-corrected chi connectivity index (χ0v) is 11.2. The molecule has 0 N–H and O–H groups in total. The van der Waals surface area contributed by atoms with Crippen LogP contribution in [-0.4, -0.2) is 36.4 Å². The molecule has 0 saturated heterocycles. The van der Waals surface area contributed by atoms with E-state index < -0.39 is 24.7 Å². The molecular formula is C11H18F4O2S. The van der Waals surface area contributed by atoms with Crippen LogP contribution in [0.5, 0.6) is 0 Å². The lowest BCUT2D eigenvalue weighted by atomic mass is 10.2. The van der Waals surface area contributed by atoms with E-state index in [2.05, 4.69) is 0 Å². The summed E-state index contributed by atoms with van der Waals surface area (Å²) >= 11 is 1.11. The van der Waals surface area contributed by atoms with Crippen LogP contribution in [0.15, 0.2) is 0 Å². The molecule has 108 valence electrons. The molecule has 18 heavy (non-hydrogen) atoms. The van der Waals surface area contributed by atoms with E-state index in [4.69, 9.17) is 4.74 Å². The first-order valence-corrected chi connectivity index (χ1v) is 6.80. The minimum absolute atomic E-state index is 0.0561. The van der Waals surface area contributed by atoms with Crippen LogP contribution in [0.1, 0.15) is 26.7 Å². The number of carbonyl (C=O) groups excluding carboxylic acids is 1. The van der Waals surface area contributed by atoms with Crippen molar-refractivity contribution in [2.75, 3.05) is 18.1 Å². The zero-order valence-electron chi connectivity index (χ0n) is 10.4. The van der Waals surface area contributed by atoms with Crippen LogP contribution >= 0.6 is 11.8 Å². The van der Waals surface area contributed by atoms with Crippen molar-refractivity contribution in [2.24, 2.45) is 5.92 Å². The molecule has 0 fully saturated rings. The third kappa shape index (κ3) is 8.60. The topological polar surface area (TPSA) is 26.3 Å². The number of alkyl halides is 4. The Bertz CT molecular complexity index is 247. The highest BCUT2D eigenvalue weighted by Gasteiger charge is 2.39. The lowest BCUT2D eigenvalue weighted by Gasteiger charge is -2.14. The minimum Gasteiger partial charge on any atom is -0.465 e. The SMILES string of the molecule is CC(C)COC(=O)CSCCCC(F)(F)C(F)F. The first-order chi connectivity index (χ1) is 8.25. The van der Waals surface area contributed by atoms with Gasteiger partial charge < -0.3 is 4.74 Å². The van der Waals surface area contributed by atoms with Crippen LogP contribution in [0, 0.1) is 5.92 Å². The van der Waals surface area contributed by atoms with Crippen LogP contribution in [-0.2, 0) is 9.53 Å². The summed E-state index contributed by atoms with van der Waals surface area (Å²) in [6.07, 6.45) is -4.54. The molecule has 0 amide bonds. The summed E-state index contributed by atoms with van der Waals surface area (Å²) in [7, 11) is 0. The highest BCUT2D eigenvalue weighted by Crippen LogP contribution is 2.28. The van der Waals surface area contributed by atoms with Crippen molar-refractivity contribution in [1.29, 1.82) is 0 Å². The second-order valence-corrected chi connectivity index (χ2v) is 5.40. The Morgan fingerprint density at radius 1 is 1.33 bits per heavy atom. The van der Waals surface area contributed by atoms with E-state index in [1.165, 1.54) is 0 Å². The third-order valence-electron chi connectivity index (χ3n) is 1.92. The summed E-state index contributed by atoms with van der Waals surface area (Å²) in [6.45, 7) is 4.11. The van der Waals surface area contributed by atoms with Gasteiger partial charge in [-0.05, 0) is 18.1 Å². The quantitative estimate of drug-likeness (QED) is 0.369. The standard InChI is InChI=1S/C11H18F4O2S/c1-8(2)6-17-9(16)7-18-5-3-4-11(14,15)10(12)13/h8,10H,3-7H2,1-2H3. The van der Waals surface area contributed by atoms with Crippen LogP contribution in [0.2, 0.25) is 0 Å². The van der Waals surface area contributed by atoms with Crippen LogP contribution in [0.3, 0.4) is 0 Å². The predicted molar refractivity (Wildman–Crippen MR) is 63.3 cm³/mol. The lowest BCUT2D eigenvalue weighted by Crippen LogP contribution is -2.26. The van der Waals surface area contributed by atoms with Gasteiger partial charge >= 0.3 is 18.3 Å². The van der Waals surface area contributed by atoms with Crippen LogP contribution < -0.4 is 0 Å². The van der Waals surface area contributed by atoms with E-state index in [0.717, 1.165) is 11.8 Å². The van der Waals surface area contributed by atoms with Crippen molar-refractivity contribution in [3.05, 3.63) is 0 Å². The average molecular weight is 290 g/mol. The second kappa shape index (κ2) is 8.61. The van der Waals surface area contributed by atoms with Gasteiger partial charge in [0.15, 0.2) is 0 Å². The van der Waals surface area contributed by atoms with Crippen molar-refractivity contribution in [3.8, 4) is 0 Å². The van der Waals surface area contributed by atoms with Crippen LogP contribution in [0.25, 0.3) is 0 Å². The maximum atomic E-state index is 12.5. The third-order valence-corrected chi connectivity index (χ3v) is 2.93. The lowest BCUT2D eigenvalue weighted by molar-refractivity contribution is -0.141. The predicted octanol–water partition coefficient (Wildman–Crippen LogP) is 3.60. The van der Waals surface area contributed by atoms with E-state index in [9.17, 15) is 22.4 Å². The number of hydrogen-bond acceptors (Lipinski definition) is 3. The van der Waals surface area contributed by atoms with Gasteiger partial charge in [0.2, 0.25) is 0 Å². The monoisotopic (exact) mass is 290 g/mol. The van der Waals surface area contributed by atoms with Gasteiger partial charge in [0.05, 0.1) is 12.4 Å². The maximum absolute atomic E-state index is 12.5. The van der Waals surface area contributed by atoms with Gasteiger partial charge in [-0.15, -0.1) is 0 Å². The largest absolute Gasteiger partial charge is 0.465 e. The highest BCUT2D eigenvalue weighted by atomic mass is 32.2. The van der Waals surface area contributed by atoms with Gasteiger partial charge in [-0.3, -0.25) is 4.79 Å². The minimum atomic E-state index is -3.93. The molecule has 0 aromatic heterocycles. The molecule has 0 aromatic rings. The molecule has 2 nitrogen and oxygen atoms in total. The number of rotatable bonds is 9. The summed E-state index contributed by atoms with van der Waals surface area (Å²) in [5.41, 5.74) is 0. The van der Waals surface area contributed by atoms with Gasteiger partial charge in [-0.1, -0.05) is 13.8 Å². The molecule has 0 bridgehead atoms. The molecule has 0 unspecified atom stereocenters. The molecule has 0 spiro atoms. The molecule has 0 atom stereocenters. The van der Waals surface area contributed by atoms with E-state index in [-0.39, 0.29) is 23.8 Å². The van der Waals surface area contributed by atoms with Crippen LogP contribution in [0.4, 0.5) is 17.6 Å². The van der Waals surface area contributed by atoms with E-state index in [0.29, 0.717) is 6.61 Å². The normalized spacial score (nSPS) is 12.2. The van der Waals surface area contributed by atoms with Gasteiger partial charge in [-0.2, -0.15) is 11.8 Å². The number of ether oxygens (including phenoxy) is 1. The molecule has 0 aliphatic rings. The maximum Gasteiger partial charge on any atom is 0.315 e. The molecule has 7 heteroatoms. The first kappa shape index (κ1) is 17.5. The number of halogens is 4. The van der Waals surface area contributed by atoms with Crippen molar-refractivity contribution < 1.29 is 27.1 Å². The molecule has 0 aliphatic carbocycles. The molecule has 0 heterocycles. The summed E-state index contributed by atoms with van der Waals surface area (Å²) < 4.78 is 53.4. The first-order valence-electron chi connectivity index (χ1n) is 5.65. The Morgan fingerprint density at radius 3 is 2.44 bits per heavy atom. The average Bonchev–Trinajstić information content (AvgIpc) is 2.25. The summed E-state index contributed by atoms with van der Waals surface area (Å²) in [5, 5.41) is 0. The number of esters is 1. The summed E-state index contributed by atoms with van der Waals surface area (Å²) in [6, 6.07) is 0. The number of hydrogen-bond donors (Lipinski definition) is 0. The van der Waals surface area contributed by atoms with Crippen molar-refractivity contribution in [3.63, 3.8) is 0 Å². The fraction of sp³-hybridized carbons (Fsp3) is 0.909. The zero-order chi connectivity index (χ0) is 14.2. The Hall–Kier alpha value is -0.460. The molecule has 0 saturated carbocycles. The molecule has 0 aromatic carbocycles. The Balaban J connectivity index is 3.54. The number of carbonyl (C=O) groups is 1. The Labute approximate surface area is 108 Å². The Kier molecular flexibility index (Phi) is 8.39. The summed E-state index contributed by atoms with van der Waals surface area (Å²) in [5.74, 6) is -3.80.